The predicted octanol–water partition coefficient (Wildman–Crippen LogP) is 6.59. The van der Waals surface area contributed by atoms with Crippen LogP contribution in [0.15, 0.2) is 0 Å². The number of hydrogen-bond donors (Lipinski definition) is 2. The van der Waals surface area contributed by atoms with Crippen molar-refractivity contribution in [2.24, 2.45) is 50.2 Å². The molecular formula is C29H46O5. The Kier molecular flexibility index (Phi) is 5.71. The summed E-state index contributed by atoms with van der Waals surface area (Å²) in [6.45, 7) is 15.2. The minimum atomic E-state index is -0.807. The number of carbonyl (C=O) groups is 3. The molecule has 192 valence electrons. The molecule has 0 unspecified atom stereocenters. The van der Waals surface area contributed by atoms with Crippen LogP contribution in [0.5, 0.6) is 0 Å². The minimum Gasteiger partial charge on any atom is -0.481 e. The number of ketones is 1. The Bertz CT molecular complexity index is 912. The van der Waals surface area contributed by atoms with Gasteiger partial charge in [0.2, 0.25) is 0 Å². The van der Waals surface area contributed by atoms with Crippen molar-refractivity contribution in [2.75, 3.05) is 0 Å². The highest BCUT2D eigenvalue weighted by Gasteiger charge is 2.71. The molecule has 0 saturated heterocycles. The molecule has 4 saturated carbocycles. The second kappa shape index (κ2) is 7.56. The first-order valence-electron chi connectivity index (χ1n) is 13.4. The number of Topliss-reactive ketones (excluding diaryl/α,β-unsaturated/α-hetero) is 1. The fourth-order valence-corrected chi connectivity index (χ4v) is 10.2. The summed E-state index contributed by atoms with van der Waals surface area (Å²) in [4.78, 5) is 37.2. The quantitative estimate of drug-likeness (QED) is 0.480. The number of fused-ring (bicyclic) bond motifs is 5. The van der Waals surface area contributed by atoms with Crippen LogP contribution in [0.4, 0.5) is 0 Å². The lowest BCUT2D eigenvalue weighted by atomic mass is 9.31. The van der Waals surface area contributed by atoms with Crippen molar-refractivity contribution in [1.82, 2.24) is 0 Å². The molecule has 4 aliphatic carbocycles. The average Bonchev–Trinajstić information content (AvgIpc) is 2.73. The molecule has 0 aromatic rings. The third-order valence-electron chi connectivity index (χ3n) is 13.0. The van der Waals surface area contributed by atoms with Crippen LogP contribution in [0.2, 0.25) is 0 Å². The summed E-state index contributed by atoms with van der Waals surface area (Å²) in [7, 11) is 0. The minimum absolute atomic E-state index is 0.00972. The van der Waals surface area contributed by atoms with Gasteiger partial charge in [-0.1, -0.05) is 34.6 Å². The molecule has 0 amide bonds. The highest BCUT2D eigenvalue weighted by atomic mass is 16.4. The Morgan fingerprint density at radius 3 is 1.88 bits per heavy atom. The molecule has 4 fully saturated rings. The Labute approximate surface area is 205 Å². The molecule has 0 aliphatic heterocycles. The maximum absolute atomic E-state index is 12.9. The summed E-state index contributed by atoms with van der Waals surface area (Å²) < 4.78 is 0. The monoisotopic (exact) mass is 474 g/mol. The van der Waals surface area contributed by atoms with E-state index in [1.807, 2.05) is 13.8 Å². The van der Waals surface area contributed by atoms with E-state index in [9.17, 15) is 24.6 Å². The van der Waals surface area contributed by atoms with Gasteiger partial charge in [-0.15, -0.1) is 0 Å². The summed E-state index contributed by atoms with van der Waals surface area (Å²) in [5.74, 6) is -0.826. The molecule has 0 bridgehead atoms. The summed E-state index contributed by atoms with van der Waals surface area (Å²) in [5.41, 5.74) is -1.28. The lowest BCUT2D eigenvalue weighted by Crippen LogP contribution is -2.67. The van der Waals surface area contributed by atoms with Crippen LogP contribution in [0.25, 0.3) is 0 Å². The van der Waals surface area contributed by atoms with Crippen molar-refractivity contribution < 1.29 is 24.6 Å². The summed E-state index contributed by atoms with van der Waals surface area (Å²) >= 11 is 0. The molecule has 34 heavy (non-hydrogen) atoms. The molecule has 4 aliphatic rings. The first-order chi connectivity index (χ1) is 15.5. The normalized spacial score (nSPS) is 52.6. The zero-order chi connectivity index (χ0) is 25.5. The van der Waals surface area contributed by atoms with Crippen LogP contribution < -0.4 is 0 Å². The van der Waals surface area contributed by atoms with E-state index in [2.05, 4.69) is 27.7 Å². The van der Waals surface area contributed by atoms with Crippen LogP contribution in [0, 0.1) is 50.2 Å². The van der Waals surface area contributed by atoms with Gasteiger partial charge >= 0.3 is 11.9 Å². The van der Waals surface area contributed by atoms with Crippen molar-refractivity contribution >= 4 is 17.7 Å². The van der Waals surface area contributed by atoms with Crippen LogP contribution >= 0.6 is 0 Å². The van der Waals surface area contributed by atoms with Gasteiger partial charge in [0.05, 0.1) is 5.41 Å². The van der Waals surface area contributed by atoms with E-state index in [0.29, 0.717) is 11.8 Å². The van der Waals surface area contributed by atoms with Gasteiger partial charge in [-0.25, -0.2) is 0 Å². The third-order valence-corrected chi connectivity index (χ3v) is 13.0. The van der Waals surface area contributed by atoms with Crippen LogP contribution in [0.3, 0.4) is 0 Å². The number of carbonyl (C=O) groups excluding carboxylic acids is 1. The molecule has 0 aromatic heterocycles. The topological polar surface area (TPSA) is 91.7 Å². The molecule has 0 aromatic carbocycles. The average molecular weight is 475 g/mol. The highest BCUT2D eigenvalue weighted by Crippen LogP contribution is 2.77. The fraction of sp³-hybridized carbons (Fsp3) is 0.897. The maximum atomic E-state index is 12.9. The predicted molar refractivity (Wildman–Crippen MR) is 131 cm³/mol. The summed E-state index contributed by atoms with van der Waals surface area (Å²) in [5, 5.41) is 19.9. The van der Waals surface area contributed by atoms with E-state index < -0.39 is 22.8 Å². The Morgan fingerprint density at radius 1 is 0.765 bits per heavy atom. The fourth-order valence-electron chi connectivity index (χ4n) is 10.2. The van der Waals surface area contributed by atoms with Gasteiger partial charge in [-0.3, -0.25) is 14.4 Å². The van der Waals surface area contributed by atoms with Crippen LogP contribution in [-0.4, -0.2) is 27.9 Å². The summed E-state index contributed by atoms with van der Waals surface area (Å²) in [6.07, 6.45) is 8.33. The molecule has 2 N–H and O–H groups in total. The molecule has 0 radical (unpaired) electrons. The van der Waals surface area contributed by atoms with Crippen LogP contribution in [-0.2, 0) is 14.4 Å². The number of carboxylic acid groups (broad SMARTS) is 2. The van der Waals surface area contributed by atoms with Gasteiger partial charge < -0.3 is 10.2 Å². The standard InChI is InChI=1S/C29H46O5/c1-18(30)26(4)9-8-19-27(5,20(26)16-22(31)32)13-15-29(7)21-17-25(3,23(33)34)11-10-24(21,2)12-14-28(19,29)6/h19-21H,8-17H2,1-7H3,(H,31,32)(H,33,34)/t19-,20+,21+,24+,25+,26+,27+,28+,29-/m0/s1. The van der Waals surface area contributed by atoms with Crippen molar-refractivity contribution in [1.29, 1.82) is 0 Å². The van der Waals surface area contributed by atoms with Gasteiger partial charge in [0.15, 0.2) is 0 Å². The largest absolute Gasteiger partial charge is 0.481 e. The Hall–Kier alpha value is -1.39. The maximum Gasteiger partial charge on any atom is 0.309 e. The molecular weight excluding hydrogens is 428 g/mol. The van der Waals surface area contributed by atoms with E-state index in [1.54, 1.807) is 6.92 Å². The Balaban J connectivity index is 1.79. The van der Waals surface area contributed by atoms with Gasteiger partial charge in [0.1, 0.15) is 5.78 Å². The van der Waals surface area contributed by atoms with E-state index >= 15 is 0 Å². The van der Waals surface area contributed by atoms with E-state index in [4.69, 9.17) is 0 Å². The molecule has 5 heteroatoms. The van der Waals surface area contributed by atoms with Crippen molar-refractivity contribution in [2.45, 2.75) is 113 Å². The molecule has 9 atom stereocenters. The molecule has 0 spiro atoms. The summed E-state index contributed by atoms with van der Waals surface area (Å²) in [6, 6.07) is 0. The van der Waals surface area contributed by atoms with Crippen molar-refractivity contribution in [3.05, 3.63) is 0 Å². The number of hydrogen-bond acceptors (Lipinski definition) is 3. The van der Waals surface area contributed by atoms with E-state index in [-0.39, 0.29) is 39.8 Å². The van der Waals surface area contributed by atoms with Gasteiger partial charge in [0, 0.05) is 11.8 Å². The zero-order valence-electron chi connectivity index (χ0n) is 22.4. The highest BCUT2D eigenvalue weighted by molar-refractivity contribution is 5.83. The lowest BCUT2D eigenvalue weighted by Gasteiger charge is -2.73. The van der Waals surface area contributed by atoms with Gasteiger partial charge in [-0.2, -0.15) is 0 Å². The van der Waals surface area contributed by atoms with Crippen molar-refractivity contribution in [3.63, 3.8) is 0 Å². The number of rotatable bonds is 4. The SMILES string of the molecule is CC(=O)[C@@]1(C)CC[C@H]2[C@@](C)(CC[C@@]3(C)[C@@H]4C[C@](C)(C(=O)O)CC[C@]4(C)CC[C@]23C)[C@@H]1CC(=O)O. The Morgan fingerprint density at radius 2 is 1.32 bits per heavy atom. The zero-order valence-corrected chi connectivity index (χ0v) is 22.4. The molecule has 4 rings (SSSR count). The third kappa shape index (κ3) is 3.20. The lowest BCUT2D eigenvalue weighted by molar-refractivity contribution is -0.250. The molecule has 0 heterocycles. The second-order valence-corrected chi connectivity index (χ2v) is 14.3. The second-order valence-electron chi connectivity index (χ2n) is 14.3. The van der Waals surface area contributed by atoms with Crippen molar-refractivity contribution in [3.8, 4) is 0 Å². The van der Waals surface area contributed by atoms with Gasteiger partial charge in [0.25, 0.3) is 0 Å². The van der Waals surface area contributed by atoms with E-state index in [1.165, 1.54) is 0 Å². The van der Waals surface area contributed by atoms with Crippen LogP contribution in [0.1, 0.15) is 113 Å². The smallest absolute Gasteiger partial charge is 0.309 e. The first kappa shape index (κ1) is 25.7. The first-order valence-corrected chi connectivity index (χ1v) is 13.4. The molecule has 5 nitrogen and oxygen atoms in total. The van der Waals surface area contributed by atoms with E-state index in [0.717, 1.165) is 57.8 Å². The number of aliphatic carboxylic acids is 2. The van der Waals surface area contributed by atoms with Gasteiger partial charge in [-0.05, 0) is 111 Å². The number of carboxylic acids is 2.